The average molecular weight is 281 g/mol. The second-order valence-electron chi connectivity index (χ2n) is 4.10. The number of carbonyl (C=O) groups is 2. The van der Waals surface area contributed by atoms with Crippen molar-refractivity contribution < 1.29 is 14.7 Å². The van der Waals surface area contributed by atoms with Crippen molar-refractivity contribution in [3.63, 3.8) is 0 Å². The van der Waals surface area contributed by atoms with Crippen LogP contribution in [0.25, 0.3) is 0 Å². The number of carbonyl (C=O) groups excluding carboxylic acids is 1. The van der Waals surface area contributed by atoms with Gasteiger partial charge < -0.3 is 15.3 Å². The molecule has 2 amide bonds. The van der Waals surface area contributed by atoms with Gasteiger partial charge in [-0.2, -0.15) is 11.8 Å². The molecule has 1 aliphatic rings. The Hall–Kier alpha value is -1.76. The zero-order valence-electron chi connectivity index (χ0n) is 10.3. The molecule has 2 heterocycles. The van der Waals surface area contributed by atoms with E-state index in [-0.39, 0.29) is 6.03 Å². The number of amides is 2. The quantitative estimate of drug-likeness (QED) is 0.856. The predicted octanol–water partition coefficient (Wildman–Crippen LogP) is 0.793. The van der Waals surface area contributed by atoms with Crippen LogP contribution in [-0.4, -0.2) is 51.1 Å². The lowest BCUT2D eigenvalue weighted by molar-refractivity contribution is -0.141. The molecule has 2 rings (SSSR count). The van der Waals surface area contributed by atoms with Crippen LogP contribution in [0, 0.1) is 0 Å². The van der Waals surface area contributed by atoms with Gasteiger partial charge in [-0.25, -0.2) is 9.59 Å². The van der Waals surface area contributed by atoms with Crippen molar-refractivity contribution in [3.8, 4) is 0 Å². The van der Waals surface area contributed by atoms with Crippen molar-refractivity contribution in [2.75, 3.05) is 18.1 Å². The summed E-state index contributed by atoms with van der Waals surface area (Å²) in [4.78, 5) is 28.6. The van der Waals surface area contributed by atoms with Crippen LogP contribution in [0.2, 0.25) is 0 Å². The number of carboxylic acid groups (broad SMARTS) is 1. The van der Waals surface area contributed by atoms with Crippen molar-refractivity contribution >= 4 is 23.8 Å². The maximum Gasteiger partial charge on any atom is 0.327 e. The van der Waals surface area contributed by atoms with Crippen LogP contribution in [0.15, 0.2) is 24.4 Å². The van der Waals surface area contributed by atoms with Crippen LogP contribution in [0.4, 0.5) is 4.79 Å². The SMILES string of the molecule is O=C(O)C1CSCCN1C(=O)NCc1ccccn1. The first-order chi connectivity index (χ1) is 9.18. The van der Waals surface area contributed by atoms with Gasteiger partial charge in [-0.1, -0.05) is 6.07 Å². The maximum atomic E-state index is 12.0. The smallest absolute Gasteiger partial charge is 0.327 e. The first-order valence-corrected chi connectivity index (χ1v) is 7.09. The van der Waals surface area contributed by atoms with Gasteiger partial charge in [0, 0.05) is 24.2 Å². The summed E-state index contributed by atoms with van der Waals surface area (Å²) in [5.74, 6) is 0.243. The van der Waals surface area contributed by atoms with E-state index in [4.69, 9.17) is 5.11 Å². The number of hydrogen-bond donors (Lipinski definition) is 2. The number of pyridine rings is 1. The Labute approximate surface area is 115 Å². The van der Waals surface area contributed by atoms with E-state index in [0.29, 0.717) is 18.8 Å². The Morgan fingerprint density at radius 1 is 1.53 bits per heavy atom. The molecule has 1 saturated heterocycles. The summed E-state index contributed by atoms with van der Waals surface area (Å²) in [6, 6.07) is 4.35. The number of nitrogens with zero attached hydrogens (tertiary/aromatic N) is 2. The van der Waals surface area contributed by atoms with Crippen molar-refractivity contribution in [2.24, 2.45) is 0 Å². The zero-order chi connectivity index (χ0) is 13.7. The van der Waals surface area contributed by atoms with Crippen molar-refractivity contribution in [1.29, 1.82) is 0 Å². The molecule has 1 unspecified atom stereocenters. The summed E-state index contributed by atoms with van der Waals surface area (Å²) in [6.07, 6.45) is 1.65. The number of urea groups is 1. The predicted molar refractivity (Wildman–Crippen MR) is 71.9 cm³/mol. The second kappa shape index (κ2) is 6.42. The molecule has 1 aliphatic heterocycles. The molecule has 1 fully saturated rings. The van der Waals surface area contributed by atoms with Crippen molar-refractivity contribution in [3.05, 3.63) is 30.1 Å². The third kappa shape index (κ3) is 3.60. The molecular weight excluding hydrogens is 266 g/mol. The van der Waals surface area contributed by atoms with E-state index in [2.05, 4.69) is 10.3 Å². The molecule has 0 aromatic carbocycles. The van der Waals surface area contributed by atoms with Crippen LogP contribution < -0.4 is 5.32 Å². The third-order valence-electron chi connectivity index (χ3n) is 2.82. The molecule has 1 aromatic heterocycles. The van der Waals surface area contributed by atoms with Crippen LogP contribution >= 0.6 is 11.8 Å². The van der Waals surface area contributed by atoms with Gasteiger partial charge in [0.1, 0.15) is 6.04 Å². The van der Waals surface area contributed by atoms with E-state index in [0.717, 1.165) is 11.4 Å². The number of nitrogens with one attached hydrogen (secondary N) is 1. The van der Waals surface area contributed by atoms with Gasteiger partial charge in [0.2, 0.25) is 0 Å². The van der Waals surface area contributed by atoms with E-state index in [1.807, 2.05) is 6.07 Å². The van der Waals surface area contributed by atoms with Gasteiger partial charge in [-0.15, -0.1) is 0 Å². The number of carboxylic acids is 1. The normalized spacial score (nSPS) is 18.9. The van der Waals surface area contributed by atoms with E-state index in [1.54, 1.807) is 30.1 Å². The molecule has 0 spiro atoms. The maximum absolute atomic E-state index is 12.0. The molecular formula is C12H15N3O3S. The summed E-state index contributed by atoms with van der Waals surface area (Å²) in [7, 11) is 0. The number of thioether (sulfide) groups is 1. The minimum Gasteiger partial charge on any atom is -0.480 e. The number of aliphatic carboxylic acids is 1. The fraction of sp³-hybridized carbons (Fsp3) is 0.417. The monoisotopic (exact) mass is 281 g/mol. The number of hydrogen-bond acceptors (Lipinski definition) is 4. The Balaban J connectivity index is 1.93. The largest absolute Gasteiger partial charge is 0.480 e. The first-order valence-electron chi connectivity index (χ1n) is 5.93. The lowest BCUT2D eigenvalue weighted by Gasteiger charge is -2.32. The Morgan fingerprint density at radius 3 is 3.05 bits per heavy atom. The molecule has 0 aliphatic carbocycles. The van der Waals surface area contributed by atoms with E-state index in [9.17, 15) is 9.59 Å². The van der Waals surface area contributed by atoms with Gasteiger partial charge >= 0.3 is 12.0 Å². The van der Waals surface area contributed by atoms with Gasteiger partial charge in [0.15, 0.2) is 0 Å². The summed E-state index contributed by atoms with van der Waals surface area (Å²) in [5.41, 5.74) is 0.745. The molecule has 19 heavy (non-hydrogen) atoms. The minimum atomic E-state index is -0.958. The van der Waals surface area contributed by atoms with Crippen molar-refractivity contribution in [2.45, 2.75) is 12.6 Å². The molecule has 7 heteroatoms. The molecule has 2 N–H and O–H groups in total. The molecule has 1 atom stereocenters. The van der Waals surface area contributed by atoms with Crippen molar-refractivity contribution in [1.82, 2.24) is 15.2 Å². The fourth-order valence-corrected chi connectivity index (χ4v) is 2.86. The Kier molecular flexibility index (Phi) is 4.62. The zero-order valence-corrected chi connectivity index (χ0v) is 11.1. The highest BCUT2D eigenvalue weighted by atomic mass is 32.2. The topological polar surface area (TPSA) is 82.5 Å². The van der Waals surface area contributed by atoms with Crippen LogP contribution in [-0.2, 0) is 11.3 Å². The van der Waals surface area contributed by atoms with Gasteiger partial charge in [0.25, 0.3) is 0 Å². The molecule has 1 aromatic rings. The Bertz CT molecular complexity index is 455. The van der Waals surface area contributed by atoms with Crippen LogP contribution in [0.1, 0.15) is 5.69 Å². The summed E-state index contributed by atoms with van der Waals surface area (Å²) in [6.45, 7) is 0.755. The molecule has 0 bridgehead atoms. The molecule has 102 valence electrons. The third-order valence-corrected chi connectivity index (χ3v) is 3.84. The number of rotatable bonds is 3. The second-order valence-corrected chi connectivity index (χ2v) is 5.25. The van der Waals surface area contributed by atoms with Crippen LogP contribution in [0.5, 0.6) is 0 Å². The van der Waals surface area contributed by atoms with Gasteiger partial charge in [-0.05, 0) is 12.1 Å². The highest BCUT2D eigenvalue weighted by Gasteiger charge is 2.32. The lowest BCUT2D eigenvalue weighted by atomic mass is 10.3. The summed E-state index contributed by atoms with van der Waals surface area (Å²) in [5, 5.41) is 11.8. The highest BCUT2D eigenvalue weighted by molar-refractivity contribution is 7.99. The first kappa shape index (κ1) is 13.7. The van der Waals surface area contributed by atoms with Gasteiger partial charge in [0.05, 0.1) is 12.2 Å². The lowest BCUT2D eigenvalue weighted by Crippen LogP contribution is -2.53. The fourth-order valence-electron chi connectivity index (χ4n) is 1.82. The van der Waals surface area contributed by atoms with Gasteiger partial charge in [-0.3, -0.25) is 4.98 Å². The average Bonchev–Trinajstić information content (AvgIpc) is 2.46. The summed E-state index contributed by atoms with van der Waals surface area (Å²) < 4.78 is 0. The molecule has 0 radical (unpaired) electrons. The van der Waals surface area contributed by atoms with E-state index < -0.39 is 12.0 Å². The summed E-state index contributed by atoms with van der Waals surface area (Å²) >= 11 is 1.55. The van der Waals surface area contributed by atoms with E-state index in [1.165, 1.54) is 4.90 Å². The molecule has 6 nitrogen and oxygen atoms in total. The Morgan fingerprint density at radius 2 is 2.37 bits per heavy atom. The minimum absolute atomic E-state index is 0.301. The van der Waals surface area contributed by atoms with Crippen LogP contribution in [0.3, 0.4) is 0 Å². The van der Waals surface area contributed by atoms with E-state index >= 15 is 0 Å². The highest BCUT2D eigenvalue weighted by Crippen LogP contribution is 2.16. The number of aromatic nitrogens is 1. The standard InChI is InChI=1S/C12H15N3O3S/c16-11(17)10-8-19-6-5-15(10)12(18)14-7-9-3-1-2-4-13-9/h1-4,10H,5-8H2,(H,14,18)(H,16,17). The molecule has 0 saturated carbocycles.